The number of hydrogen-bond donors (Lipinski definition) is 2. The Morgan fingerprint density at radius 1 is 1.14 bits per heavy atom. The molecule has 0 saturated heterocycles. The number of hydrazone groups is 1. The van der Waals surface area contributed by atoms with Crippen molar-refractivity contribution >= 4 is 17.5 Å². The second-order valence-electron chi connectivity index (χ2n) is 6.23. The van der Waals surface area contributed by atoms with E-state index in [0.717, 1.165) is 12.8 Å². The Hall–Kier alpha value is -2.18. The van der Waals surface area contributed by atoms with Crippen molar-refractivity contribution in [1.29, 1.82) is 0 Å². The summed E-state index contributed by atoms with van der Waals surface area (Å²) in [5, 5.41) is 11.5. The summed E-state index contributed by atoms with van der Waals surface area (Å²) in [4.78, 5) is 25.5. The molecule has 0 bridgehead atoms. The van der Waals surface area contributed by atoms with Crippen molar-refractivity contribution in [2.75, 3.05) is 13.1 Å². The van der Waals surface area contributed by atoms with Gasteiger partial charge in [0.1, 0.15) is 5.71 Å². The van der Waals surface area contributed by atoms with E-state index in [1.165, 1.54) is 29.8 Å². The molecule has 0 spiro atoms. The number of hydrogen-bond acceptors (Lipinski definition) is 4. The number of amides is 2. The molecule has 1 fully saturated rings. The van der Waals surface area contributed by atoms with Crippen molar-refractivity contribution in [2.24, 2.45) is 5.10 Å². The average molecular weight is 301 g/mol. The Bertz CT molecular complexity index is 659. The van der Waals surface area contributed by atoms with E-state index in [-0.39, 0.29) is 11.8 Å². The summed E-state index contributed by atoms with van der Waals surface area (Å²) < 4.78 is 0. The molecule has 22 heavy (non-hydrogen) atoms. The topological polar surface area (TPSA) is 90.5 Å². The number of H-pyrrole nitrogens is 1. The van der Waals surface area contributed by atoms with Crippen molar-refractivity contribution in [2.45, 2.75) is 44.4 Å². The van der Waals surface area contributed by atoms with E-state index in [4.69, 9.17) is 0 Å². The molecule has 0 atom stereocenters. The van der Waals surface area contributed by atoms with Gasteiger partial charge in [-0.3, -0.25) is 14.7 Å². The lowest BCUT2D eigenvalue weighted by Gasteiger charge is -2.22. The molecule has 4 rings (SSSR count). The van der Waals surface area contributed by atoms with Gasteiger partial charge in [0.25, 0.3) is 5.91 Å². The molecule has 2 amide bonds. The fourth-order valence-corrected chi connectivity index (χ4v) is 3.22. The van der Waals surface area contributed by atoms with Gasteiger partial charge in [-0.15, -0.1) is 0 Å². The summed E-state index contributed by atoms with van der Waals surface area (Å²) in [5.74, 6) is 0.453. The molecule has 0 unspecified atom stereocenters. The molecule has 7 heteroatoms. The maximum Gasteiger partial charge on any atom is 0.270 e. The molecule has 0 radical (unpaired) electrons. The van der Waals surface area contributed by atoms with Crippen LogP contribution in [0.5, 0.6) is 0 Å². The molecule has 1 aliphatic carbocycles. The van der Waals surface area contributed by atoms with Crippen molar-refractivity contribution in [1.82, 2.24) is 20.5 Å². The number of fused-ring (bicyclic) bond motifs is 1. The second kappa shape index (κ2) is 5.23. The highest BCUT2D eigenvalue weighted by Crippen LogP contribution is 2.41. The Morgan fingerprint density at radius 3 is 2.68 bits per heavy atom. The van der Waals surface area contributed by atoms with Crippen LogP contribution >= 0.6 is 0 Å². The maximum atomic E-state index is 12.5. The third-order valence-electron chi connectivity index (χ3n) is 4.65. The van der Waals surface area contributed by atoms with Crippen molar-refractivity contribution in [3.8, 4) is 0 Å². The van der Waals surface area contributed by atoms with Crippen LogP contribution in [0.3, 0.4) is 0 Å². The molecule has 1 saturated carbocycles. The lowest BCUT2D eigenvalue weighted by molar-refractivity contribution is -0.124. The van der Waals surface area contributed by atoms with Crippen LogP contribution in [0, 0.1) is 0 Å². The van der Waals surface area contributed by atoms with Gasteiger partial charge < -0.3 is 4.90 Å². The van der Waals surface area contributed by atoms with Crippen molar-refractivity contribution < 1.29 is 9.59 Å². The third-order valence-corrected chi connectivity index (χ3v) is 4.65. The summed E-state index contributed by atoms with van der Waals surface area (Å²) >= 11 is 0. The zero-order chi connectivity index (χ0) is 15.1. The first-order valence-electron chi connectivity index (χ1n) is 7.93. The number of carbonyl (C=O) groups is 2. The van der Waals surface area contributed by atoms with Crippen LogP contribution in [-0.4, -0.2) is 45.7 Å². The van der Waals surface area contributed by atoms with Gasteiger partial charge >= 0.3 is 0 Å². The fraction of sp³-hybridized carbons (Fsp3) is 0.600. The molecular weight excluding hydrogens is 282 g/mol. The normalized spacial score (nSPS) is 21.7. The second-order valence-corrected chi connectivity index (χ2v) is 6.23. The number of nitrogens with one attached hydrogen (secondary N) is 2. The number of rotatable bonds is 2. The Balaban J connectivity index is 1.47. The summed E-state index contributed by atoms with van der Waals surface area (Å²) in [6, 6.07) is 0. The number of carbonyl (C=O) groups excluding carboxylic acids is 2. The first-order valence-corrected chi connectivity index (χ1v) is 7.93. The predicted molar refractivity (Wildman–Crippen MR) is 79.4 cm³/mol. The molecule has 2 aliphatic heterocycles. The minimum Gasteiger partial charge on any atom is -0.337 e. The minimum atomic E-state index is -0.123. The third kappa shape index (κ3) is 2.40. The van der Waals surface area contributed by atoms with Crippen LogP contribution in [0.25, 0.3) is 0 Å². The minimum absolute atomic E-state index is 0.0499. The lowest BCUT2D eigenvalue weighted by atomic mass is 10.1. The van der Waals surface area contributed by atoms with Gasteiger partial charge in [0.05, 0.1) is 5.69 Å². The molecule has 1 aromatic rings. The summed E-state index contributed by atoms with van der Waals surface area (Å²) in [5.41, 5.74) is 6.57. The SMILES string of the molecule is O=C1CCC(C(=O)N2CCc3[nH]nc(C4CC4)c3CC2)=NN1. The molecule has 7 nitrogen and oxygen atoms in total. The largest absolute Gasteiger partial charge is 0.337 e. The molecule has 116 valence electrons. The predicted octanol–water partition coefficient (Wildman–Crippen LogP) is 0.480. The van der Waals surface area contributed by atoms with Crippen LogP contribution in [-0.2, 0) is 22.4 Å². The van der Waals surface area contributed by atoms with Gasteiger partial charge in [0, 0.05) is 44.0 Å². The Labute approximate surface area is 128 Å². The smallest absolute Gasteiger partial charge is 0.270 e. The van der Waals surface area contributed by atoms with E-state index in [2.05, 4.69) is 20.7 Å². The van der Waals surface area contributed by atoms with Crippen LogP contribution in [0.15, 0.2) is 5.10 Å². The molecule has 3 aliphatic rings. The molecule has 3 heterocycles. The molecular formula is C15H19N5O2. The zero-order valence-corrected chi connectivity index (χ0v) is 12.4. The molecule has 0 aromatic carbocycles. The molecule has 2 N–H and O–H groups in total. The fourth-order valence-electron chi connectivity index (χ4n) is 3.22. The Morgan fingerprint density at radius 2 is 1.95 bits per heavy atom. The zero-order valence-electron chi connectivity index (χ0n) is 12.4. The van der Waals surface area contributed by atoms with Gasteiger partial charge in [0.2, 0.25) is 5.91 Å². The van der Waals surface area contributed by atoms with Crippen LogP contribution in [0.4, 0.5) is 0 Å². The first-order chi connectivity index (χ1) is 10.7. The van der Waals surface area contributed by atoms with Crippen molar-refractivity contribution in [3.63, 3.8) is 0 Å². The highest BCUT2D eigenvalue weighted by atomic mass is 16.2. The summed E-state index contributed by atoms with van der Waals surface area (Å²) in [6.07, 6.45) is 4.89. The average Bonchev–Trinajstić information content (AvgIpc) is 3.33. The van der Waals surface area contributed by atoms with E-state index < -0.39 is 0 Å². The standard InChI is InChI=1S/C15H19N5O2/c21-13-4-3-12(17-18-13)15(22)20-7-5-10-11(6-8-20)16-19-14(10)9-1-2-9/h9H,1-8H2,(H,16,19)(H,18,21). The van der Waals surface area contributed by atoms with Crippen LogP contribution in [0.1, 0.15) is 48.6 Å². The van der Waals surface area contributed by atoms with Gasteiger partial charge in [-0.2, -0.15) is 10.2 Å². The number of nitrogens with zero attached hydrogens (tertiary/aromatic N) is 3. The number of aromatic nitrogens is 2. The van der Waals surface area contributed by atoms with E-state index in [0.29, 0.717) is 37.6 Å². The first kappa shape index (κ1) is 13.5. The van der Waals surface area contributed by atoms with E-state index >= 15 is 0 Å². The summed E-state index contributed by atoms with van der Waals surface area (Å²) in [7, 11) is 0. The van der Waals surface area contributed by atoms with E-state index in [1.54, 1.807) is 0 Å². The van der Waals surface area contributed by atoms with Gasteiger partial charge in [-0.05, 0) is 24.8 Å². The monoisotopic (exact) mass is 301 g/mol. The van der Waals surface area contributed by atoms with Crippen LogP contribution in [0.2, 0.25) is 0 Å². The summed E-state index contributed by atoms with van der Waals surface area (Å²) in [6.45, 7) is 1.36. The highest BCUT2D eigenvalue weighted by Gasteiger charge is 2.32. The molecule has 1 aromatic heterocycles. The van der Waals surface area contributed by atoms with E-state index in [9.17, 15) is 9.59 Å². The van der Waals surface area contributed by atoms with Crippen LogP contribution < -0.4 is 5.43 Å². The quantitative estimate of drug-likeness (QED) is 0.832. The van der Waals surface area contributed by atoms with Gasteiger partial charge in [-0.25, -0.2) is 5.43 Å². The number of aromatic amines is 1. The maximum absolute atomic E-state index is 12.5. The van der Waals surface area contributed by atoms with Gasteiger partial charge in [0.15, 0.2) is 0 Å². The van der Waals surface area contributed by atoms with E-state index in [1.807, 2.05) is 4.90 Å². The van der Waals surface area contributed by atoms with Crippen molar-refractivity contribution in [3.05, 3.63) is 17.0 Å². The lowest BCUT2D eigenvalue weighted by Crippen LogP contribution is -2.41. The highest BCUT2D eigenvalue weighted by molar-refractivity contribution is 6.39. The van der Waals surface area contributed by atoms with Gasteiger partial charge in [-0.1, -0.05) is 0 Å². The Kier molecular flexibility index (Phi) is 3.20.